The molecule has 0 aliphatic carbocycles. The highest BCUT2D eigenvalue weighted by Crippen LogP contribution is 2.28. The minimum Gasteiger partial charge on any atom is -0.495 e. The molecule has 0 radical (unpaired) electrons. The molecule has 24 heavy (non-hydrogen) atoms. The zero-order valence-corrected chi connectivity index (χ0v) is 15.2. The number of hydrogen-bond donors (Lipinski definition) is 1. The van der Waals surface area contributed by atoms with Gasteiger partial charge in [-0.2, -0.15) is 0 Å². The van der Waals surface area contributed by atoms with E-state index < -0.39 is 10.0 Å². The first kappa shape index (κ1) is 18.4. The summed E-state index contributed by atoms with van der Waals surface area (Å²) in [6.45, 7) is 2.74. The second-order valence-corrected chi connectivity index (χ2v) is 7.22. The maximum absolute atomic E-state index is 12.4. The maximum atomic E-state index is 12.4. The molecular formula is C17H20ClNO4S. The van der Waals surface area contributed by atoms with Crippen molar-refractivity contribution in [2.24, 2.45) is 0 Å². The average molecular weight is 370 g/mol. The summed E-state index contributed by atoms with van der Waals surface area (Å²) < 4.78 is 38.0. The van der Waals surface area contributed by atoms with Crippen molar-refractivity contribution >= 4 is 27.3 Å². The smallest absolute Gasteiger partial charge is 0.262 e. The number of hydrogen-bond acceptors (Lipinski definition) is 4. The lowest BCUT2D eigenvalue weighted by atomic mass is 10.3. The Bertz CT molecular complexity index is 776. The first-order valence-electron chi connectivity index (χ1n) is 7.55. The molecule has 0 fully saturated rings. The fourth-order valence-electron chi connectivity index (χ4n) is 1.97. The number of nitrogens with one attached hydrogen (secondary N) is 1. The number of sulfonamides is 1. The van der Waals surface area contributed by atoms with E-state index in [0.29, 0.717) is 28.8 Å². The largest absolute Gasteiger partial charge is 0.495 e. The number of methoxy groups -OCH3 is 1. The van der Waals surface area contributed by atoms with Crippen molar-refractivity contribution in [1.29, 1.82) is 0 Å². The molecule has 2 rings (SSSR count). The van der Waals surface area contributed by atoms with E-state index in [9.17, 15) is 8.42 Å². The Morgan fingerprint density at radius 2 is 1.83 bits per heavy atom. The Morgan fingerprint density at radius 1 is 1.12 bits per heavy atom. The third kappa shape index (κ3) is 4.79. The van der Waals surface area contributed by atoms with E-state index in [-0.39, 0.29) is 4.90 Å². The van der Waals surface area contributed by atoms with Gasteiger partial charge in [-0.25, -0.2) is 8.42 Å². The summed E-state index contributed by atoms with van der Waals surface area (Å²) in [5.74, 6) is 1.01. The van der Waals surface area contributed by atoms with Crippen LogP contribution in [-0.4, -0.2) is 22.1 Å². The lowest BCUT2D eigenvalue weighted by Crippen LogP contribution is -2.13. The predicted molar refractivity (Wildman–Crippen MR) is 95.7 cm³/mol. The lowest BCUT2D eigenvalue weighted by molar-refractivity contribution is 0.309. The maximum Gasteiger partial charge on any atom is 0.262 e. The molecule has 1 N–H and O–H groups in total. The molecular weight excluding hydrogens is 350 g/mol. The normalized spacial score (nSPS) is 11.1. The van der Waals surface area contributed by atoms with Gasteiger partial charge in [0.1, 0.15) is 11.5 Å². The van der Waals surface area contributed by atoms with Crippen molar-refractivity contribution in [2.75, 3.05) is 18.4 Å². The molecule has 0 unspecified atom stereocenters. The van der Waals surface area contributed by atoms with Gasteiger partial charge in [0, 0.05) is 11.8 Å². The van der Waals surface area contributed by atoms with Crippen LogP contribution in [0.4, 0.5) is 5.69 Å². The second-order valence-electron chi connectivity index (χ2n) is 5.13. The van der Waals surface area contributed by atoms with E-state index in [0.717, 1.165) is 12.8 Å². The number of benzene rings is 2. The van der Waals surface area contributed by atoms with E-state index in [2.05, 4.69) is 11.6 Å². The Balaban J connectivity index is 2.11. The fourth-order valence-corrected chi connectivity index (χ4v) is 3.24. The van der Waals surface area contributed by atoms with Gasteiger partial charge in [0.2, 0.25) is 0 Å². The van der Waals surface area contributed by atoms with Crippen molar-refractivity contribution in [1.82, 2.24) is 0 Å². The van der Waals surface area contributed by atoms with Gasteiger partial charge in [0.05, 0.1) is 23.6 Å². The van der Waals surface area contributed by atoms with Crippen LogP contribution in [0, 0.1) is 0 Å². The topological polar surface area (TPSA) is 64.6 Å². The Morgan fingerprint density at radius 3 is 2.46 bits per heavy atom. The van der Waals surface area contributed by atoms with E-state index in [1.165, 1.54) is 25.3 Å². The monoisotopic (exact) mass is 369 g/mol. The summed E-state index contributed by atoms with van der Waals surface area (Å²) in [7, 11) is -2.29. The molecule has 2 aromatic carbocycles. The molecule has 0 amide bonds. The highest BCUT2D eigenvalue weighted by atomic mass is 35.5. The molecule has 0 saturated heterocycles. The molecule has 5 nitrogen and oxygen atoms in total. The zero-order valence-electron chi connectivity index (χ0n) is 13.6. The quantitative estimate of drug-likeness (QED) is 0.703. The molecule has 7 heteroatoms. The van der Waals surface area contributed by atoms with Gasteiger partial charge in [-0.1, -0.05) is 24.9 Å². The highest BCUT2D eigenvalue weighted by molar-refractivity contribution is 7.92. The molecule has 130 valence electrons. The van der Waals surface area contributed by atoms with Crippen molar-refractivity contribution in [3.8, 4) is 11.5 Å². The minimum absolute atomic E-state index is 0.0759. The highest BCUT2D eigenvalue weighted by Gasteiger charge is 2.16. The van der Waals surface area contributed by atoms with Gasteiger partial charge >= 0.3 is 0 Å². The number of unbranched alkanes of at least 4 members (excludes halogenated alkanes) is 1. The van der Waals surface area contributed by atoms with E-state index in [1.54, 1.807) is 24.3 Å². The lowest BCUT2D eigenvalue weighted by Gasteiger charge is -2.11. The van der Waals surface area contributed by atoms with Crippen molar-refractivity contribution in [3.05, 3.63) is 47.5 Å². The van der Waals surface area contributed by atoms with Gasteiger partial charge in [-0.3, -0.25) is 4.72 Å². The Labute approximate surface area is 147 Å². The molecule has 0 spiro atoms. The summed E-state index contributed by atoms with van der Waals surface area (Å²) in [4.78, 5) is 0.0759. The molecule has 0 aliphatic heterocycles. The predicted octanol–water partition coefficient (Wildman–Crippen LogP) is 4.33. The molecule has 0 aromatic heterocycles. The van der Waals surface area contributed by atoms with E-state index in [1.807, 2.05) is 0 Å². The summed E-state index contributed by atoms with van der Waals surface area (Å²) in [6, 6.07) is 11.1. The SMILES string of the molecule is CCCCOc1ccc(NS(=O)(=O)c2ccc(Cl)c(OC)c2)cc1. The molecule has 2 aromatic rings. The van der Waals surface area contributed by atoms with Crippen LogP contribution in [-0.2, 0) is 10.0 Å². The summed E-state index contributed by atoms with van der Waals surface area (Å²) in [6.07, 6.45) is 2.04. The summed E-state index contributed by atoms with van der Waals surface area (Å²) >= 11 is 5.92. The minimum atomic E-state index is -3.73. The van der Waals surface area contributed by atoms with E-state index in [4.69, 9.17) is 21.1 Å². The molecule has 0 atom stereocenters. The number of halogens is 1. The Hall–Kier alpha value is -1.92. The van der Waals surface area contributed by atoms with Gasteiger partial charge in [-0.05, 0) is 42.8 Å². The van der Waals surface area contributed by atoms with Crippen molar-refractivity contribution < 1.29 is 17.9 Å². The van der Waals surface area contributed by atoms with Crippen molar-refractivity contribution in [2.45, 2.75) is 24.7 Å². The Kier molecular flexibility index (Phi) is 6.34. The molecule has 0 saturated carbocycles. The van der Waals surface area contributed by atoms with Gasteiger partial charge in [0.15, 0.2) is 0 Å². The van der Waals surface area contributed by atoms with Crippen LogP contribution in [0.1, 0.15) is 19.8 Å². The van der Waals surface area contributed by atoms with Crippen LogP contribution in [0.15, 0.2) is 47.4 Å². The zero-order chi connectivity index (χ0) is 17.6. The average Bonchev–Trinajstić information content (AvgIpc) is 2.56. The van der Waals surface area contributed by atoms with E-state index >= 15 is 0 Å². The molecule has 0 bridgehead atoms. The van der Waals surface area contributed by atoms with Crippen LogP contribution in [0.25, 0.3) is 0 Å². The number of ether oxygens (including phenoxy) is 2. The summed E-state index contributed by atoms with van der Waals surface area (Å²) in [5, 5.41) is 0.352. The molecule has 0 aliphatic rings. The van der Waals surface area contributed by atoms with Gasteiger partial charge in [0.25, 0.3) is 10.0 Å². The summed E-state index contributed by atoms with van der Waals surface area (Å²) in [5.41, 5.74) is 0.451. The third-order valence-corrected chi connectivity index (χ3v) is 5.00. The first-order chi connectivity index (χ1) is 11.5. The molecule has 0 heterocycles. The standard InChI is InChI=1S/C17H20ClNO4S/c1-3-4-11-23-14-7-5-13(6-8-14)19-24(20,21)15-9-10-16(18)17(12-15)22-2/h5-10,12,19H,3-4,11H2,1-2H3. The van der Waals surface area contributed by atoms with Gasteiger partial charge < -0.3 is 9.47 Å². The number of anilines is 1. The van der Waals surface area contributed by atoms with Crippen LogP contribution >= 0.6 is 11.6 Å². The fraction of sp³-hybridized carbons (Fsp3) is 0.294. The first-order valence-corrected chi connectivity index (χ1v) is 9.41. The van der Waals surface area contributed by atoms with Gasteiger partial charge in [-0.15, -0.1) is 0 Å². The van der Waals surface area contributed by atoms with Crippen LogP contribution in [0.5, 0.6) is 11.5 Å². The van der Waals surface area contributed by atoms with Crippen LogP contribution in [0.3, 0.4) is 0 Å². The van der Waals surface area contributed by atoms with Crippen molar-refractivity contribution in [3.63, 3.8) is 0 Å². The third-order valence-electron chi connectivity index (χ3n) is 3.31. The van der Waals surface area contributed by atoms with Crippen LogP contribution < -0.4 is 14.2 Å². The second kappa shape index (κ2) is 8.26. The van der Waals surface area contributed by atoms with Crippen LogP contribution in [0.2, 0.25) is 5.02 Å². The number of rotatable bonds is 8.